The van der Waals surface area contributed by atoms with Gasteiger partial charge in [-0.15, -0.1) is 0 Å². The van der Waals surface area contributed by atoms with E-state index in [1.165, 1.54) is 11.3 Å². The lowest BCUT2D eigenvalue weighted by molar-refractivity contribution is -0.00957. The summed E-state index contributed by atoms with van der Waals surface area (Å²) in [6.07, 6.45) is 3.78. The Balaban J connectivity index is 1.59. The Morgan fingerprint density at radius 1 is 1.19 bits per heavy atom. The van der Waals surface area contributed by atoms with Crippen LogP contribution < -0.4 is 4.74 Å². The molecule has 2 aromatic rings. The fourth-order valence-electron chi connectivity index (χ4n) is 3.91. The van der Waals surface area contributed by atoms with E-state index in [0.29, 0.717) is 0 Å². The molecule has 1 aromatic carbocycles. The maximum Gasteiger partial charge on any atom is 0.284 e. The summed E-state index contributed by atoms with van der Waals surface area (Å²) in [6.45, 7) is 9.52. The van der Waals surface area contributed by atoms with Crippen molar-refractivity contribution in [3.8, 4) is 11.4 Å². The Kier molecular flexibility index (Phi) is 3.79. The SMILES string of the molecule is Cc1ccc2c(c1)OC1(CCN(C(=N)OC(C)(C)C)CC1)c1cccn1-2. The van der Waals surface area contributed by atoms with Crippen LogP contribution in [0.2, 0.25) is 0 Å². The highest BCUT2D eigenvalue weighted by Crippen LogP contribution is 2.45. The van der Waals surface area contributed by atoms with Crippen molar-refractivity contribution in [3.63, 3.8) is 0 Å². The van der Waals surface area contributed by atoms with Crippen LogP contribution in [0.4, 0.5) is 0 Å². The quantitative estimate of drug-likeness (QED) is 0.570. The molecule has 5 nitrogen and oxygen atoms in total. The lowest BCUT2D eigenvalue weighted by Crippen LogP contribution is -2.51. The molecular weight excluding hydrogens is 326 g/mol. The number of piperidine rings is 1. The highest BCUT2D eigenvalue weighted by molar-refractivity contribution is 5.71. The Labute approximate surface area is 155 Å². The van der Waals surface area contributed by atoms with E-state index in [1.54, 1.807) is 0 Å². The summed E-state index contributed by atoms with van der Waals surface area (Å²) in [5.74, 6) is 0.947. The van der Waals surface area contributed by atoms with Crippen LogP contribution in [-0.2, 0) is 10.3 Å². The number of likely N-dealkylation sites (tertiary alicyclic amines) is 1. The predicted octanol–water partition coefficient (Wildman–Crippen LogP) is 4.22. The molecular formula is C21H27N3O2. The van der Waals surface area contributed by atoms with E-state index in [0.717, 1.165) is 37.4 Å². The number of rotatable bonds is 0. The van der Waals surface area contributed by atoms with Crippen molar-refractivity contribution in [2.75, 3.05) is 13.1 Å². The lowest BCUT2D eigenvalue weighted by Gasteiger charge is -2.45. The predicted molar refractivity (Wildman–Crippen MR) is 102 cm³/mol. The standard InChI is InChI=1S/C21H27N3O2/c1-15-7-8-16-17(14-15)25-21(18-6-5-11-24(16)18)9-12-23(13-10-21)19(22)26-20(2,3)4/h5-8,11,14,22H,9-10,12-13H2,1-4H3. The second-order valence-corrected chi connectivity index (χ2v) is 8.34. The van der Waals surface area contributed by atoms with Gasteiger partial charge in [-0.3, -0.25) is 5.41 Å². The molecule has 1 aromatic heterocycles. The van der Waals surface area contributed by atoms with Crippen molar-refractivity contribution in [1.29, 1.82) is 5.41 Å². The number of nitrogens with zero attached hydrogens (tertiary/aromatic N) is 2. The average molecular weight is 353 g/mol. The van der Waals surface area contributed by atoms with Crippen LogP contribution in [-0.4, -0.2) is 34.2 Å². The van der Waals surface area contributed by atoms with Crippen LogP contribution in [0.3, 0.4) is 0 Å². The zero-order valence-electron chi connectivity index (χ0n) is 16.0. The molecule has 1 N–H and O–H groups in total. The van der Waals surface area contributed by atoms with E-state index < -0.39 is 0 Å². The largest absolute Gasteiger partial charge is 0.479 e. The molecule has 26 heavy (non-hydrogen) atoms. The third-order valence-electron chi connectivity index (χ3n) is 5.16. The monoisotopic (exact) mass is 353 g/mol. The molecule has 138 valence electrons. The molecule has 0 amide bonds. The minimum atomic E-state index is -0.348. The summed E-state index contributed by atoms with van der Waals surface area (Å²) >= 11 is 0. The fourth-order valence-corrected chi connectivity index (χ4v) is 3.91. The van der Waals surface area contributed by atoms with Gasteiger partial charge in [0.2, 0.25) is 0 Å². The molecule has 0 atom stereocenters. The van der Waals surface area contributed by atoms with E-state index in [9.17, 15) is 0 Å². The topological polar surface area (TPSA) is 50.5 Å². The number of benzene rings is 1. The van der Waals surface area contributed by atoms with Gasteiger partial charge in [-0.1, -0.05) is 6.07 Å². The molecule has 5 heteroatoms. The van der Waals surface area contributed by atoms with Gasteiger partial charge in [-0.05, 0) is 57.5 Å². The molecule has 0 unspecified atom stereocenters. The van der Waals surface area contributed by atoms with Crippen LogP contribution >= 0.6 is 0 Å². The summed E-state index contributed by atoms with van der Waals surface area (Å²) in [7, 11) is 0. The van der Waals surface area contributed by atoms with Gasteiger partial charge in [0, 0.05) is 32.1 Å². The number of hydrogen-bond donors (Lipinski definition) is 1. The zero-order chi connectivity index (χ0) is 18.5. The fraction of sp³-hybridized carbons (Fsp3) is 0.476. The van der Waals surface area contributed by atoms with E-state index in [2.05, 4.69) is 48.0 Å². The van der Waals surface area contributed by atoms with Crippen molar-refractivity contribution < 1.29 is 9.47 Å². The molecule has 0 saturated carbocycles. The summed E-state index contributed by atoms with van der Waals surface area (Å²) in [4.78, 5) is 2.01. The zero-order valence-corrected chi connectivity index (χ0v) is 16.0. The summed E-state index contributed by atoms with van der Waals surface area (Å²) in [6, 6.07) is 10.9. The molecule has 3 heterocycles. The summed E-state index contributed by atoms with van der Waals surface area (Å²) < 4.78 is 14.6. The van der Waals surface area contributed by atoms with Crippen molar-refractivity contribution in [2.45, 2.75) is 51.7 Å². The summed E-state index contributed by atoms with van der Waals surface area (Å²) in [5, 5.41) is 8.26. The number of fused-ring (bicyclic) bond motifs is 4. The molecule has 0 aliphatic carbocycles. The van der Waals surface area contributed by atoms with E-state index in [1.807, 2.05) is 25.7 Å². The number of aryl methyl sites for hydroxylation is 1. The Morgan fingerprint density at radius 2 is 1.92 bits per heavy atom. The molecule has 1 fully saturated rings. The van der Waals surface area contributed by atoms with Crippen molar-refractivity contribution in [3.05, 3.63) is 47.8 Å². The van der Waals surface area contributed by atoms with Crippen molar-refractivity contribution in [2.24, 2.45) is 0 Å². The molecule has 1 saturated heterocycles. The van der Waals surface area contributed by atoms with Gasteiger partial charge in [-0.25, -0.2) is 0 Å². The molecule has 4 rings (SSSR count). The van der Waals surface area contributed by atoms with Gasteiger partial charge in [0.05, 0.1) is 11.4 Å². The number of aromatic nitrogens is 1. The first-order valence-corrected chi connectivity index (χ1v) is 9.28. The van der Waals surface area contributed by atoms with E-state index in [-0.39, 0.29) is 17.2 Å². The second kappa shape index (κ2) is 5.79. The maximum atomic E-state index is 8.26. The third-order valence-corrected chi connectivity index (χ3v) is 5.16. The highest BCUT2D eigenvalue weighted by atomic mass is 16.5. The molecule has 0 radical (unpaired) electrons. The summed E-state index contributed by atoms with van der Waals surface area (Å²) in [5.41, 5.74) is 2.83. The third kappa shape index (κ3) is 2.85. The van der Waals surface area contributed by atoms with Gasteiger partial charge < -0.3 is 18.9 Å². The lowest BCUT2D eigenvalue weighted by atomic mass is 9.86. The Hall–Kier alpha value is -2.43. The van der Waals surface area contributed by atoms with Gasteiger partial charge in [0.15, 0.2) is 5.60 Å². The van der Waals surface area contributed by atoms with Crippen LogP contribution in [0.25, 0.3) is 5.69 Å². The van der Waals surface area contributed by atoms with Crippen LogP contribution in [0, 0.1) is 12.3 Å². The normalized spacial score (nSPS) is 18.1. The molecule has 1 spiro atoms. The number of ether oxygens (including phenoxy) is 2. The average Bonchev–Trinajstić information content (AvgIpc) is 3.04. The molecule has 2 aliphatic rings. The van der Waals surface area contributed by atoms with Crippen molar-refractivity contribution in [1.82, 2.24) is 9.47 Å². The van der Waals surface area contributed by atoms with Crippen LogP contribution in [0.15, 0.2) is 36.5 Å². The van der Waals surface area contributed by atoms with Crippen LogP contribution in [0.5, 0.6) is 5.75 Å². The van der Waals surface area contributed by atoms with Gasteiger partial charge >= 0.3 is 0 Å². The van der Waals surface area contributed by atoms with Gasteiger partial charge in [0.1, 0.15) is 11.4 Å². The highest BCUT2D eigenvalue weighted by Gasteiger charge is 2.44. The molecule has 2 aliphatic heterocycles. The minimum Gasteiger partial charge on any atom is -0.479 e. The van der Waals surface area contributed by atoms with Crippen molar-refractivity contribution >= 4 is 6.02 Å². The first-order valence-electron chi connectivity index (χ1n) is 9.28. The van der Waals surface area contributed by atoms with E-state index >= 15 is 0 Å². The number of hydrogen-bond acceptors (Lipinski definition) is 3. The first-order chi connectivity index (χ1) is 12.3. The first kappa shape index (κ1) is 17.0. The number of nitrogens with one attached hydrogen (secondary N) is 1. The van der Waals surface area contributed by atoms with Gasteiger partial charge in [0.25, 0.3) is 6.02 Å². The Morgan fingerprint density at radius 3 is 2.62 bits per heavy atom. The smallest absolute Gasteiger partial charge is 0.284 e. The Bertz CT molecular complexity index is 839. The second-order valence-electron chi connectivity index (χ2n) is 8.34. The van der Waals surface area contributed by atoms with Crippen LogP contribution in [0.1, 0.15) is 44.9 Å². The number of amidine groups is 1. The van der Waals surface area contributed by atoms with Gasteiger partial charge in [-0.2, -0.15) is 0 Å². The minimum absolute atomic E-state index is 0.259. The maximum absolute atomic E-state index is 8.26. The van der Waals surface area contributed by atoms with E-state index in [4.69, 9.17) is 14.9 Å². The molecule has 0 bridgehead atoms.